The number of nitrogens with one attached hydrogen (secondary N) is 1. The van der Waals surface area contributed by atoms with Crippen molar-refractivity contribution < 1.29 is 9.21 Å². The van der Waals surface area contributed by atoms with E-state index in [1.807, 2.05) is 26.8 Å². The second kappa shape index (κ2) is 5.16. The molecule has 0 aliphatic heterocycles. The van der Waals surface area contributed by atoms with E-state index >= 15 is 0 Å². The lowest BCUT2D eigenvalue weighted by Crippen LogP contribution is -2.53. The third-order valence-corrected chi connectivity index (χ3v) is 3.03. The fourth-order valence-corrected chi connectivity index (χ4v) is 1.52. The van der Waals surface area contributed by atoms with Gasteiger partial charge in [-0.05, 0) is 31.9 Å². The molecule has 1 aromatic heterocycles. The van der Waals surface area contributed by atoms with Crippen LogP contribution in [0.25, 0.3) is 0 Å². The maximum absolute atomic E-state index is 12.0. The molecule has 90 valence electrons. The van der Waals surface area contributed by atoms with Gasteiger partial charge in [0.1, 0.15) is 5.76 Å². The normalized spacial score (nSPS) is 13.5. The molecule has 1 aromatic rings. The van der Waals surface area contributed by atoms with Crippen molar-refractivity contribution in [1.82, 2.24) is 5.32 Å². The molecule has 0 radical (unpaired) electrons. The van der Waals surface area contributed by atoms with Crippen molar-refractivity contribution in [3.05, 3.63) is 24.2 Å². The van der Waals surface area contributed by atoms with Crippen molar-refractivity contribution in [2.45, 2.75) is 45.2 Å². The van der Waals surface area contributed by atoms with Crippen molar-refractivity contribution in [3.8, 4) is 0 Å². The highest BCUT2D eigenvalue weighted by Gasteiger charge is 2.31. The molecule has 4 nitrogen and oxygen atoms in total. The highest BCUT2D eigenvalue weighted by Crippen LogP contribution is 2.16. The Kier molecular flexibility index (Phi) is 4.12. The summed E-state index contributed by atoms with van der Waals surface area (Å²) < 4.78 is 5.22. The SMILES string of the molecule is CCC(N)(CC)C(=O)N[C@@H](C)c1ccco1. The molecular formula is C12H20N2O2. The van der Waals surface area contributed by atoms with E-state index in [9.17, 15) is 4.79 Å². The summed E-state index contributed by atoms with van der Waals surface area (Å²) in [7, 11) is 0. The van der Waals surface area contributed by atoms with Gasteiger partial charge in [0.15, 0.2) is 0 Å². The molecule has 0 aliphatic carbocycles. The number of nitrogens with two attached hydrogens (primary N) is 1. The van der Waals surface area contributed by atoms with Gasteiger partial charge in [-0.15, -0.1) is 0 Å². The van der Waals surface area contributed by atoms with Crippen LogP contribution in [-0.2, 0) is 4.79 Å². The van der Waals surface area contributed by atoms with Crippen LogP contribution in [0.1, 0.15) is 45.4 Å². The number of hydrogen-bond donors (Lipinski definition) is 2. The molecule has 4 heteroatoms. The van der Waals surface area contributed by atoms with Crippen LogP contribution in [0, 0.1) is 0 Å². The van der Waals surface area contributed by atoms with E-state index in [4.69, 9.17) is 10.2 Å². The molecule has 1 rings (SSSR count). The Bertz CT molecular complexity index is 329. The second-order valence-corrected chi connectivity index (χ2v) is 4.07. The van der Waals surface area contributed by atoms with E-state index in [1.165, 1.54) is 0 Å². The first-order chi connectivity index (χ1) is 7.53. The van der Waals surface area contributed by atoms with Crippen LogP contribution in [0.15, 0.2) is 22.8 Å². The number of carbonyl (C=O) groups excluding carboxylic acids is 1. The Balaban J connectivity index is 2.64. The zero-order valence-electron chi connectivity index (χ0n) is 10.1. The van der Waals surface area contributed by atoms with Gasteiger partial charge in [-0.2, -0.15) is 0 Å². The molecule has 0 unspecified atom stereocenters. The third-order valence-electron chi connectivity index (χ3n) is 3.03. The first-order valence-electron chi connectivity index (χ1n) is 5.66. The maximum atomic E-state index is 12.0. The number of hydrogen-bond acceptors (Lipinski definition) is 3. The first kappa shape index (κ1) is 12.8. The molecular weight excluding hydrogens is 204 g/mol. The molecule has 16 heavy (non-hydrogen) atoms. The van der Waals surface area contributed by atoms with Gasteiger partial charge in [-0.3, -0.25) is 4.79 Å². The molecule has 1 atom stereocenters. The Morgan fingerprint density at radius 1 is 1.56 bits per heavy atom. The molecule has 1 heterocycles. The Morgan fingerprint density at radius 2 is 2.19 bits per heavy atom. The largest absolute Gasteiger partial charge is 0.467 e. The zero-order valence-corrected chi connectivity index (χ0v) is 10.1. The van der Waals surface area contributed by atoms with E-state index in [0.29, 0.717) is 12.8 Å². The number of furan rings is 1. The van der Waals surface area contributed by atoms with E-state index < -0.39 is 5.54 Å². The van der Waals surface area contributed by atoms with Crippen LogP contribution in [0.2, 0.25) is 0 Å². The van der Waals surface area contributed by atoms with Crippen LogP contribution < -0.4 is 11.1 Å². The Labute approximate surface area is 96.2 Å². The van der Waals surface area contributed by atoms with Crippen molar-refractivity contribution >= 4 is 5.91 Å². The number of rotatable bonds is 5. The van der Waals surface area contributed by atoms with Gasteiger partial charge >= 0.3 is 0 Å². The minimum Gasteiger partial charge on any atom is -0.467 e. The Morgan fingerprint density at radius 3 is 2.62 bits per heavy atom. The molecule has 3 N–H and O–H groups in total. The third kappa shape index (κ3) is 2.64. The molecule has 1 amide bonds. The van der Waals surface area contributed by atoms with Crippen molar-refractivity contribution in [3.63, 3.8) is 0 Å². The highest BCUT2D eigenvalue weighted by atomic mass is 16.3. The average molecular weight is 224 g/mol. The van der Waals surface area contributed by atoms with Crippen LogP contribution in [-0.4, -0.2) is 11.4 Å². The van der Waals surface area contributed by atoms with Gasteiger partial charge in [-0.25, -0.2) is 0 Å². The van der Waals surface area contributed by atoms with Gasteiger partial charge in [0.2, 0.25) is 5.91 Å². The summed E-state index contributed by atoms with van der Waals surface area (Å²) in [6.45, 7) is 5.71. The van der Waals surface area contributed by atoms with Crippen molar-refractivity contribution in [2.75, 3.05) is 0 Å². The summed E-state index contributed by atoms with van der Waals surface area (Å²) >= 11 is 0. The minimum absolute atomic E-state index is 0.124. The van der Waals surface area contributed by atoms with Crippen molar-refractivity contribution in [2.24, 2.45) is 5.73 Å². The fourth-order valence-electron chi connectivity index (χ4n) is 1.52. The predicted molar refractivity (Wildman–Crippen MR) is 62.8 cm³/mol. The van der Waals surface area contributed by atoms with E-state index in [1.54, 1.807) is 12.3 Å². The molecule has 0 spiro atoms. The smallest absolute Gasteiger partial charge is 0.240 e. The first-order valence-corrected chi connectivity index (χ1v) is 5.66. The maximum Gasteiger partial charge on any atom is 0.240 e. The van der Waals surface area contributed by atoms with Crippen LogP contribution in [0.5, 0.6) is 0 Å². The number of amides is 1. The van der Waals surface area contributed by atoms with E-state index in [0.717, 1.165) is 5.76 Å². The summed E-state index contributed by atoms with van der Waals surface area (Å²) in [6.07, 6.45) is 2.84. The second-order valence-electron chi connectivity index (χ2n) is 4.07. The highest BCUT2D eigenvalue weighted by molar-refractivity contribution is 5.86. The fraction of sp³-hybridized carbons (Fsp3) is 0.583. The van der Waals surface area contributed by atoms with E-state index in [2.05, 4.69) is 5.32 Å². The topological polar surface area (TPSA) is 68.3 Å². The van der Waals surface area contributed by atoms with Gasteiger partial charge in [0.25, 0.3) is 0 Å². The van der Waals surface area contributed by atoms with E-state index in [-0.39, 0.29) is 11.9 Å². The van der Waals surface area contributed by atoms with Crippen LogP contribution in [0.4, 0.5) is 0 Å². The zero-order chi connectivity index (χ0) is 12.2. The van der Waals surface area contributed by atoms with Crippen molar-refractivity contribution in [1.29, 1.82) is 0 Å². The predicted octanol–water partition coefficient (Wildman–Crippen LogP) is 1.97. The van der Waals surface area contributed by atoms with Crippen LogP contribution >= 0.6 is 0 Å². The van der Waals surface area contributed by atoms with Gasteiger partial charge in [0.05, 0.1) is 17.8 Å². The molecule has 0 bridgehead atoms. The number of carbonyl (C=O) groups is 1. The standard InChI is InChI=1S/C12H20N2O2/c1-4-12(13,5-2)11(15)14-9(3)10-7-6-8-16-10/h6-9H,4-5,13H2,1-3H3,(H,14,15)/t9-/m0/s1. The van der Waals surface area contributed by atoms with Gasteiger partial charge in [-0.1, -0.05) is 13.8 Å². The minimum atomic E-state index is -0.777. The molecule has 0 fully saturated rings. The van der Waals surface area contributed by atoms with Gasteiger partial charge < -0.3 is 15.5 Å². The molecule has 0 aromatic carbocycles. The molecule has 0 saturated heterocycles. The summed E-state index contributed by atoms with van der Waals surface area (Å²) in [6, 6.07) is 3.48. The lowest BCUT2D eigenvalue weighted by Gasteiger charge is -2.26. The molecule has 0 saturated carbocycles. The Hall–Kier alpha value is -1.29. The monoisotopic (exact) mass is 224 g/mol. The van der Waals surface area contributed by atoms with Crippen LogP contribution in [0.3, 0.4) is 0 Å². The lowest BCUT2D eigenvalue weighted by atomic mass is 9.93. The average Bonchev–Trinajstić information content (AvgIpc) is 2.81. The van der Waals surface area contributed by atoms with Gasteiger partial charge in [0, 0.05) is 0 Å². The summed E-state index contributed by atoms with van der Waals surface area (Å²) in [4.78, 5) is 12.0. The summed E-state index contributed by atoms with van der Waals surface area (Å²) in [5.41, 5.74) is 5.22. The lowest BCUT2D eigenvalue weighted by molar-refractivity contribution is -0.127. The molecule has 0 aliphatic rings. The summed E-state index contributed by atoms with van der Waals surface area (Å²) in [5, 5.41) is 2.87. The summed E-state index contributed by atoms with van der Waals surface area (Å²) in [5.74, 6) is 0.615. The quantitative estimate of drug-likeness (QED) is 0.803.